The molecule has 2 rings (SSSR count). The molecule has 0 amide bonds. The summed E-state index contributed by atoms with van der Waals surface area (Å²) < 4.78 is 5.20. The van der Waals surface area contributed by atoms with Crippen molar-refractivity contribution < 1.29 is 4.52 Å². The average Bonchev–Trinajstić information content (AvgIpc) is 2.85. The molecule has 1 saturated heterocycles. The lowest BCUT2D eigenvalue weighted by atomic mass is 10.2. The molecule has 0 aromatic carbocycles. The lowest BCUT2D eigenvalue weighted by Gasteiger charge is -2.05. The minimum absolute atomic E-state index is 0.307. The number of aromatic nitrogens is 2. The zero-order valence-electron chi connectivity index (χ0n) is 9.36. The molecule has 1 N–H and O–H groups in total. The first-order valence-corrected chi connectivity index (χ1v) is 5.46. The van der Waals surface area contributed by atoms with Crippen LogP contribution in [0.15, 0.2) is 4.52 Å². The molecule has 0 bridgehead atoms. The summed E-state index contributed by atoms with van der Waals surface area (Å²) in [6, 6.07) is 0.307. The molecule has 0 aliphatic carbocycles. The van der Waals surface area contributed by atoms with Crippen molar-refractivity contribution in [3.63, 3.8) is 0 Å². The Morgan fingerprint density at radius 2 is 2.40 bits per heavy atom. The van der Waals surface area contributed by atoms with Crippen LogP contribution in [0.3, 0.4) is 0 Å². The van der Waals surface area contributed by atoms with Crippen molar-refractivity contribution in [1.29, 1.82) is 0 Å². The van der Waals surface area contributed by atoms with Crippen molar-refractivity contribution in [3.8, 4) is 0 Å². The fraction of sp³-hybridized carbons (Fsp3) is 0.800. The van der Waals surface area contributed by atoms with Crippen LogP contribution < -0.4 is 5.32 Å². The van der Waals surface area contributed by atoms with E-state index >= 15 is 0 Å². The van der Waals surface area contributed by atoms with Crippen molar-refractivity contribution in [2.45, 2.75) is 25.3 Å². The van der Waals surface area contributed by atoms with Gasteiger partial charge in [-0.1, -0.05) is 5.16 Å². The van der Waals surface area contributed by atoms with E-state index in [1.165, 1.54) is 6.42 Å². The summed E-state index contributed by atoms with van der Waals surface area (Å²) in [6.45, 7) is 2.01. The molecular weight excluding hydrogens is 192 g/mol. The summed E-state index contributed by atoms with van der Waals surface area (Å²) in [6.07, 6.45) is 3.14. The van der Waals surface area contributed by atoms with Gasteiger partial charge in [-0.25, -0.2) is 0 Å². The van der Waals surface area contributed by atoms with E-state index in [9.17, 15) is 0 Å². The Kier molecular flexibility index (Phi) is 3.33. The second kappa shape index (κ2) is 4.72. The third kappa shape index (κ3) is 2.76. The zero-order valence-corrected chi connectivity index (χ0v) is 9.36. The number of rotatable bonds is 4. The van der Waals surface area contributed by atoms with Crippen LogP contribution in [0.4, 0.5) is 0 Å². The van der Waals surface area contributed by atoms with Crippen LogP contribution in [0, 0.1) is 0 Å². The highest BCUT2D eigenvalue weighted by Crippen LogP contribution is 2.20. The number of nitrogens with zero attached hydrogens (tertiary/aromatic N) is 3. The van der Waals surface area contributed by atoms with Gasteiger partial charge >= 0.3 is 0 Å². The van der Waals surface area contributed by atoms with E-state index in [1.54, 1.807) is 0 Å². The first-order chi connectivity index (χ1) is 7.25. The molecule has 1 fully saturated rings. The highest BCUT2D eigenvalue weighted by Gasteiger charge is 2.21. The van der Waals surface area contributed by atoms with Crippen LogP contribution in [0.25, 0.3) is 0 Å². The SMILES string of the molecule is CN(C)CCc1nc(C2CCCN2)no1. The molecule has 1 aliphatic heterocycles. The molecule has 84 valence electrons. The molecule has 1 aromatic heterocycles. The Morgan fingerprint density at radius 1 is 1.53 bits per heavy atom. The summed E-state index contributed by atoms with van der Waals surface area (Å²) in [5, 5.41) is 7.36. The van der Waals surface area contributed by atoms with E-state index in [4.69, 9.17) is 4.52 Å². The van der Waals surface area contributed by atoms with E-state index in [0.29, 0.717) is 6.04 Å². The van der Waals surface area contributed by atoms with Crippen LogP contribution in [0.1, 0.15) is 30.6 Å². The van der Waals surface area contributed by atoms with Gasteiger partial charge in [0.2, 0.25) is 5.89 Å². The largest absolute Gasteiger partial charge is 0.339 e. The summed E-state index contributed by atoms with van der Waals surface area (Å²) in [7, 11) is 4.08. The standard InChI is InChI=1S/C10H18N4O/c1-14(2)7-5-9-12-10(13-15-9)8-4-3-6-11-8/h8,11H,3-7H2,1-2H3. The zero-order chi connectivity index (χ0) is 10.7. The molecular formula is C10H18N4O. The first-order valence-electron chi connectivity index (χ1n) is 5.46. The second-order valence-electron chi connectivity index (χ2n) is 4.25. The maximum absolute atomic E-state index is 5.20. The van der Waals surface area contributed by atoms with E-state index < -0.39 is 0 Å². The van der Waals surface area contributed by atoms with Crippen LogP contribution in [0.5, 0.6) is 0 Å². The van der Waals surface area contributed by atoms with Crippen LogP contribution in [-0.4, -0.2) is 42.2 Å². The lowest BCUT2D eigenvalue weighted by molar-refractivity contribution is 0.339. The Morgan fingerprint density at radius 3 is 3.07 bits per heavy atom. The van der Waals surface area contributed by atoms with Gasteiger partial charge in [-0.15, -0.1) is 0 Å². The van der Waals surface area contributed by atoms with Crippen molar-refractivity contribution in [1.82, 2.24) is 20.4 Å². The highest BCUT2D eigenvalue weighted by molar-refractivity contribution is 4.96. The van der Waals surface area contributed by atoms with Crippen LogP contribution in [-0.2, 0) is 6.42 Å². The fourth-order valence-corrected chi connectivity index (χ4v) is 1.74. The summed E-state index contributed by atoms with van der Waals surface area (Å²) in [5.41, 5.74) is 0. The fourth-order valence-electron chi connectivity index (χ4n) is 1.74. The number of hydrogen-bond acceptors (Lipinski definition) is 5. The predicted molar refractivity (Wildman–Crippen MR) is 56.5 cm³/mol. The molecule has 0 spiro atoms. The van der Waals surface area contributed by atoms with E-state index in [2.05, 4.69) is 20.4 Å². The van der Waals surface area contributed by atoms with E-state index in [0.717, 1.165) is 37.6 Å². The molecule has 2 heterocycles. The molecule has 1 unspecified atom stereocenters. The third-order valence-corrected chi connectivity index (χ3v) is 2.63. The van der Waals surface area contributed by atoms with Gasteiger partial charge in [0, 0.05) is 13.0 Å². The maximum Gasteiger partial charge on any atom is 0.227 e. The van der Waals surface area contributed by atoms with Gasteiger partial charge in [-0.3, -0.25) is 0 Å². The Hall–Kier alpha value is -0.940. The third-order valence-electron chi connectivity index (χ3n) is 2.63. The highest BCUT2D eigenvalue weighted by atomic mass is 16.5. The summed E-state index contributed by atoms with van der Waals surface area (Å²) in [5.74, 6) is 1.56. The van der Waals surface area contributed by atoms with Gasteiger partial charge in [-0.05, 0) is 33.5 Å². The normalized spacial score (nSPS) is 21.4. The number of likely N-dealkylation sites (N-methyl/N-ethyl adjacent to an activating group) is 1. The van der Waals surface area contributed by atoms with Gasteiger partial charge in [0.25, 0.3) is 0 Å². The van der Waals surface area contributed by atoms with Crippen LogP contribution >= 0.6 is 0 Å². The van der Waals surface area contributed by atoms with Crippen molar-refractivity contribution >= 4 is 0 Å². The van der Waals surface area contributed by atoms with Crippen molar-refractivity contribution in [2.75, 3.05) is 27.2 Å². The van der Waals surface area contributed by atoms with E-state index in [-0.39, 0.29) is 0 Å². The minimum atomic E-state index is 0.307. The topological polar surface area (TPSA) is 54.2 Å². The van der Waals surface area contributed by atoms with Gasteiger partial charge in [0.1, 0.15) is 0 Å². The van der Waals surface area contributed by atoms with Gasteiger partial charge < -0.3 is 14.7 Å². The number of hydrogen-bond donors (Lipinski definition) is 1. The van der Waals surface area contributed by atoms with Gasteiger partial charge in [0.15, 0.2) is 5.82 Å². The Labute approximate surface area is 89.8 Å². The smallest absolute Gasteiger partial charge is 0.227 e. The van der Waals surface area contributed by atoms with Crippen LogP contribution in [0.2, 0.25) is 0 Å². The molecule has 15 heavy (non-hydrogen) atoms. The first kappa shape index (κ1) is 10.6. The molecule has 1 aliphatic rings. The minimum Gasteiger partial charge on any atom is -0.339 e. The molecule has 5 heteroatoms. The van der Waals surface area contributed by atoms with Crippen molar-refractivity contribution in [2.24, 2.45) is 0 Å². The lowest BCUT2D eigenvalue weighted by Crippen LogP contribution is -2.16. The average molecular weight is 210 g/mol. The quantitative estimate of drug-likeness (QED) is 0.788. The molecule has 1 atom stereocenters. The number of nitrogens with one attached hydrogen (secondary N) is 1. The van der Waals surface area contributed by atoms with Gasteiger partial charge in [-0.2, -0.15) is 4.98 Å². The monoisotopic (exact) mass is 210 g/mol. The second-order valence-corrected chi connectivity index (χ2v) is 4.25. The van der Waals surface area contributed by atoms with Gasteiger partial charge in [0.05, 0.1) is 6.04 Å². The molecule has 0 saturated carbocycles. The maximum atomic E-state index is 5.20. The molecule has 1 aromatic rings. The van der Waals surface area contributed by atoms with Crippen molar-refractivity contribution in [3.05, 3.63) is 11.7 Å². The molecule has 5 nitrogen and oxygen atoms in total. The summed E-state index contributed by atoms with van der Waals surface area (Å²) in [4.78, 5) is 6.51. The molecule has 0 radical (unpaired) electrons. The van der Waals surface area contributed by atoms with E-state index in [1.807, 2.05) is 14.1 Å². The Balaban J connectivity index is 1.91. The predicted octanol–water partition coefficient (Wildman–Crippen LogP) is 0.598. The Bertz CT molecular complexity index is 304. The summed E-state index contributed by atoms with van der Waals surface area (Å²) >= 11 is 0.